The van der Waals surface area contributed by atoms with Crippen LogP contribution >= 0.6 is 34.7 Å². The van der Waals surface area contributed by atoms with Crippen molar-refractivity contribution in [2.45, 2.75) is 30.4 Å². The molecule has 1 heterocycles. The predicted octanol–water partition coefficient (Wildman–Crippen LogP) is 4.52. The summed E-state index contributed by atoms with van der Waals surface area (Å²) in [7, 11) is 0. The van der Waals surface area contributed by atoms with Crippen molar-refractivity contribution in [3.63, 3.8) is 0 Å². The van der Waals surface area contributed by atoms with Crippen LogP contribution in [0.5, 0.6) is 0 Å². The van der Waals surface area contributed by atoms with Gasteiger partial charge in [0.25, 0.3) is 0 Å². The first-order valence-corrected chi connectivity index (χ1v) is 6.84. The van der Waals surface area contributed by atoms with Gasteiger partial charge in [-0.3, -0.25) is 4.79 Å². The van der Waals surface area contributed by atoms with Gasteiger partial charge >= 0.3 is 0 Å². The zero-order valence-electron chi connectivity index (χ0n) is 8.38. The number of hydrogen-bond donors (Lipinski definition) is 0. The number of rotatable bonds is 2. The van der Waals surface area contributed by atoms with Crippen LogP contribution in [-0.4, -0.2) is 5.78 Å². The van der Waals surface area contributed by atoms with Crippen molar-refractivity contribution in [2.24, 2.45) is 0 Å². The van der Waals surface area contributed by atoms with Gasteiger partial charge in [0, 0.05) is 12.0 Å². The van der Waals surface area contributed by atoms with E-state index in [1.807, 2.05) is 19.1 Å². The quantitative estimate of drug-likeness (QED) is 0.776. The molecule has 0 aliphatic heterocycles. The second-order valence-electron chi connectivity index (χ2n) is 3.49. The molecule has 0 spiro atoms. The van der Waals surface area contributed by atoms with Crippen LogP contribution in [0.4, 0.5) is 0 Å². The monoisotopic (exact) mass is 258 g/mol. The molecular weight excluding hydrogens is 248 g/mol. The standard InChI is InChI=1S/C11H11ClOS2/c1-7-8(13)3-2-4-9(7)14-11-6-5-10(12)15-11/h5-6H,2-4H2,1H3. The van der Waals surface area contributed by atoms with Crippen LogP contribution in [0.3, 0.4) is 0 Å². The lowest BCUT2D eigenvalue weighted by Crippen LogP contribution is -2.07. The van der Waals surface area contributed by atoms with Gasteiger partial charge in [-0.05, 0) is 36.8 Å². The van der Waals surface area contributed by atoms with Crippen molar-refractivity contribution in [2.75, 3.05) is 0 Å². The lowest BCUT2D eigenvalue weighted by Gasteiger charge is -2.15. The summed E-state index contributed by atoms with van der Waals surface area (Å²) < 4.78 is 1.97. The Balaban J connectivity index is 2.18. The molecule has 0 saturated carbocycles. The fourth-order valence-corrected chi connectivity index (χ4v) is 4.09. The third-order valence-electron chi connectivity index (χ3n) is 2.42. The van der Waals surface area contributed by atoms with Crippen LogP contribution in [0.25, 0.3) is 0 Å². The van der Waals surface area contributed by atoms with Gasteiger partial charge in [0.2, 0.25) is 0 Å². The first-order valence-electron chi connectivity index (χ1n) is 4.83. The molecule has 2 rings (SSSR count). The van der Waals surface area contributed by atoms with E-state index in [0.29, 0.717) is 12.2 Å². The largest absolute Gasteiger partial charge is 0.295 e. The highest BCUT2D eigenvalue weighted by atomic mass is 35.5. The van der Waals surface area contributed by atoms with Crippen molar-refractivity contribution in [1.29, 1.82) is 0 Å². The molecule has 0 aromatic carbocycles. The normalized spacial score (nSPS) is 17.3. The molecule has 1 aromatic heterocycles. The minimum Gasteiger partial charge on any atom is -0.295 e. The van der Waals surface area contributed by atoms with Gasteiger partial charge in [-0.1, -0.05) is 23.4 Å². The average molecular weight is 259 g/mol. The number of allylic oxidation sites excluding steroid dienone is 2. The summed E-state index contributed by atoms with van der Waals surface area (Å²) in [5, 5.41) is 0. The molecule has 0 fully saturated rings. The summed E-state index contributed by atoms with van der Waals surface area (Å²) in [4.78, 5) is 12.7. The Morgan fingerprint density at radius 1 is 1.40 bits per heavy atom. The summed E-state index contributed by atoms with van der Waals surface area (Å²) in [5.74, 6) is 0.298. The number of carbonyl (C=O) groups excluding carboxylic acids is 1. The zero-order chi connectivity index (χ0) is 10.8. The fourth-order valence-electron chi connectivity index (χ4n) is 1.54. The third kappa shape index (κ3) is 2.65. The molecule has 15 heavy (non-hydrogen) atoms. The van der Waals surface area contributed by atoms with E-state index in [0.717, 1.165) is 22.8 Å². The molecule has 1 nitrogen and oxygen atoms in total. The van der Waals surface area contributed by atoms with E-state index in [-0.39, 0.29) is 0 Å². The maximum Gasteiger partial charge on any atom is 0.159 e. The molecule has 1 aromatic rings. The molecule has 0 unspecified atom stereocenters. The van der Waals surface area contributed by atoms with Gasteiger partial charge in [-0.2, -0.15) is 0 Å². The Kier molecular flexibility index (Phi) is 3.54. The number of carbonyl (C=O) groups is 1. The van der Waals surface area contributed by atoms with E-state index in [2.05, 4.69) is 0 Å². The predicted molar refractivity (Wildman–Crippen MR) is 66.7 cm³/mol. The summed E-state index contributed by atoms with van der Waals surface area (Å²) in [6, 6.07) is 3.91. The Morgan fingerprint density at radius 3 is 2.87 bits per heavy atom. The van der Waals surface area contributed by atoms with Gasteiger partial charge in [0.1, 0.15) is 0 Å². The molecule has 0 radical (unpaired) electrons. The van der Waals surface area contributed by atoms with Crippen molar-refractivity contribution < 1.29 is 4.79 Å². The van der Waals surface area contributed by atoms with Crippen LogP contribution in [0.1, 0.15) is 26.2 Å². The Labute approximate surface area is 103 Å². The molecule has 1 aliphatic carbocycles. The van der Waals surface area contributed by atoms with E-state index < -0.39 is 0 Å². The molecule has 0 saturated heterocycles. The first kappa shape index (κ1) is 11.2. The highest BCUT2D eigenvalue weighted by Crippen LogP contribution is 2.40. The smallest absolute Gasteiger partial charge is 0.159 e. The Hall–Kier alpha value is -0.250. The second kappa shape index (κ2) is 4.73. The number of ketones is 1. The van der Waals surface area contributed by atoms with Crippen LogP contribution < -0.4 is 0 Å². The van der Waals surface area contributed by atoms with Gasteiger partial charge in [-0.15, -0.1) is 11.3 Å². The maximum absolute atomic E-state index is 11.5. The minimum atomic E-state index is 0.298. The fraction of sp³-hybridized carbons (Fsp3) is 0.364. The van der Waals surface area contributed by atoms with E-state index >= 15 is 0 Å². The first-order chi connectivity index (χ1) is 7.16. The molecule has 4 heteroatoms. The topological polar surface area (TPSA) is 17.1 Å². The van der Waals surface area contributed by atoms with E-state index in [4.69, 9.17) is 11.6 Å². The zero-order valence-corrected chi connectivity index (χ0v) is 10.8. The van der Waals surface area contributed by atoms with Gasteiger partial charge in [0.15, 0.2) is 5.78 Å². The van der Waals surface area contributed by atoms with Crippen molar-refractivity contribution in [3.8, 4) is 0 Å². The highest BCUT2D eigenvalue weighted by molar-refractivity contribution is 8.04. The summed E-state index contributed by atoms with van der Waals surface area (Å²) in [6.45, 7) is 1.93. The Bertz CT molecular complexity index is 420. The van der Waals surface area contributed by atoms with Crippen LogP contribution in [0.2, 0.25) is 4.34 Å². The molecule has 0 atom stereocenters. The highest BCUT2D eigenvalue weighted by Gasteiger charge is 2.17. The van der Waals surface area contributed by atoms with Gasteiger partial charge in [-0.25, -0.2) is 0 Å². The number of thiophene rings is 1. The maximum atomic E-state index is 11.5. The van der Waals surface area contributed by atoms with E-state index in [1.165, 1.54) is 9.11 Å². The Morgan fingerprint density at radius 2 is 2.20 bits per heavy atom. The van der Waals surface area contributed by atoms with Crippen molar-refractivity contribution in [3.05, 3.63) is 26.9 Å². The van der Waals surface area contributed by atoms with E-state index in [9.17, 15) is 4.79 Å². The molecule has 80 valence electrons. The van der Waals surface area contributed by atoms with Crippen molar-refractivity contribution >= 4 is 40.5 Å². The van der Waals surface area contributed by atoms with Crippen molar-refractivity contribution in [1.82, 2.24) is 0 Å². The second-order valence-corrected chi connectivity index (χ2v) is 6.60. The number of thioether (sulfide) groups is 1. The third-order valence-corrected chi connectivity index (χ3v) is 5.04. The van der Waals surface area contributed by atoms with Gasteiger partial charge in [0.05, 0.1) is 8.55 Å². The number of halogens is 1. The molecular formula is C11H11ClOS2. The summed E-state index contributed by atoms with van der Waals surface area (Å²) in [5.41, 5.74) is 0.941. The minimum absolute atomic E-state index is 0.298. The van der Waals surface area contributed by atoms with Crippen LogP contribution in [0, 0.1) is 0 Å². The number of Topliss-reactive ketones (excluding diaryl/α,β-unsaturated/α-hetero) is 1. The molecule has 1 aliphatic rings. The molecule has 0 bridgehead atoms. The van der Waals surface area contributed by atoms with Crippen LogP contribution in [0.15, 0.2) is 26.8 Å². The summed E-state index contributed by atoms with van der Waals surface area (Å²) in [6.07, 6.45) is 2.72. The SMILES string of the molecule is CC1=C(Sc2ccc(Cl)s2)CCCC1=O. The summed E-state index contributed by atoms with van der Waals surface area (Å²) >= 11 is 9.12. The molecule has 0 amide bonds. The van der Waals surface area contributed by atoms with Crippen LogP contribution in [-0.2, 0) is 4.79 Å². The number of hydrogen-bond acceptors (Lipinski definition) is 3. The average Bonchev–Trinajstić information content (AvgIpc) is 2.59. The molecule has 0 N–H and O–H groups in total. The lowest BCUT2D eigenvalue weighted by atomic mass is 9.99. The van der Waals surface area contributed by atoms with Gasteiger partial charge < -0.3 is 0 Å². The van der Waals surface area contributed by atoms with E-state index in [1.54, 1.807) is 23.1 Å². The lowest BCUT2D eigenvalue weighted by molar-refractivity contribution is -0.115.